The van der Waals surface area contributed by atoms with Crippen molar-refractivity contribution in [3.63, 3.8) is 0 Å². The zero-order valence-corrected chi connectivity index (χ0v) is 13.9. The molecule has 1 atom stereocenters. The normalized spacial score (nSPS) is 21.0. The second-order valence-corrected chi connectivity index (χ2v) is 7.21. The molecule has 0 aromatic heterocycles. The average Bonchev–Trinajstić information content (AvgIpc) is 2.35. The van der Waals surface area contributed by atoms with Crippen LogP contribution in [-0.4, -0.2) is 37.1 Å². The van der Waals surface area contributed by atoms with Crippen molar-refractivity contribution in [2.45, 2.75) is 66.3 Å². The number of nitrogens with one attached hydrogen (secondary N) is 1. The molecule has 2 heteroatoms. The van der Waals surface area contributed by atoms with Crippen LogP contribution in [-0.2, 0) is 0 Å². The quantitative estimate of drug-likeness (QED) is 0.721. The van der Waals surface area contributed by atoms with Crippen LogP contribution in [0.5, 0.6) is 0 Å². The first-order valence-corrected chi connectivity index (χ1v) is 8.47. The predicted molar refractivity (Wildman–Crippen MR) is 85.5 cm³/mol. The lowest BCUT2D eigenvalue weighted by Gasteiger charge is -2.37. The van der Waals surface area contributed by atoms with E-state index in [1.54, 1.807) is 0 Å². The highest BCUT2D eigenvalue weighted by molar-refractivity contribution is 4.79. The molecule has 1 fully saturated rings. The SMILES string of the molecule is CCN(CC1CCCNC1)C(CC(C)C)CC(C)C. The van der Waals surface area contributed by atoms with Crippen molar-refractivity contribution in [2.24, 2.45) is 17.8 Å². The van der Waals surface area contributed by atoms with E-state index in [2.05, 4.69) is 44.8 Å². The van der Waals surface area contributed by atoms with Gasteiger partial charge in [0.05, 0.1) is 0 Å². The molecule has 0 aliphatic carbocycles. The minimum atomic E-state index is 0.784. The van der Waals surface area contributed by atoms with Gasteiger partial charge in [-0.3, -0.25) is 0 Å². The standard InChI is InChI=1S/C17H36N2/c1-6-19(13-16-8-7-9-18-12-16)17(10-14(2)3)11-15(4)5/h14-18H,6-13H2,1-5H3. The second-order valence-electron chi connectivity index (χ2n) is 7.21. The van der Waals surface area contributed by atoms with E-state index in [0.717, 1.165) is 23.8 Å². The van der Waals surface area contributed by atoms with Crippen LogP contribution in [0.1, 0.15) is 60.3 Å². The predicted octanol–water partition coefficient (Wildman–Crippen LogP) is 3.77. The molecule has 19 heavy (non-hydrogen) atoms. The van der Waals surface area contributed by atoms with Gasteiger partial charge in [-0.05, 0) is 63.1 Å². The average molecular weight is 268 g/mol. The van der Waals surface area contributed by atoms with E-state index in [1.165, 1.54) is 51.9 Å². The Morgan fingerprint density at radius 1 is 1.11 bits per heavy atom. The first kappa shape index (κ1) is 17.0. The summed E-state index contributed by atoms with van der Waals surface area (Å²) in [4.78, 5) is 2.76. The van der Waals surface area contributed by atoms with Crippen molar-refractivity contribution in [2.75, 3.05) is 26.2 Å². The third kappa shape index (κ3) is 6.76. The third-order valence-electron chi connectivity index (χ3n) is 4.30. The highest BCUT2D eigenvalue weighted by atomic mass is 15.2. The smallest absolute Gasteiger partial charge is 0.0100 e. The van der Waals surface area contributed by atoms with Crippen molar-refractivity contribution >= 4 is 0 Å². The molecule has 1 N–H and O–H groups in total. The molecule has 2 nitrogen and oxygen atoms in total. The molecule has 0 saturated carbocycles. The van der Waals surface area contributed by atoms with Gasteiger partial charge in [-0.15, -0.1) is 0 Å². The van der Waals surface area contributed by atoms with Crippen LogP contribution in [0.15, 0.2) is 0 Å². The van der Waals surface area contributed by atoms with E-state index in [-0.39, 0.29) is 0 Å². The van der Waals surface area contributed by atoms with E-state index >= 15 is 0 Å². The summed E-state index contributed by atoms with van der Waals surface area (Å²) in [5.74, 6) is 2.49. The van der Waals surface area contributed by atoms with Crippen LogP contribution in [0.3, 0.4) is 0 Å². The van der Waals surface area contributed by atoms with Crippen LogP contribution < -0.4 is 5.32 Å². The van der Waals surface area contributed by atoms with Crippen molar-refractivity contribution < 1.29 is 0 Å². The first-order chi connectivity index (χ1) is 9.02. The van der Waals surface area contributed by atoms with Crippen molar-refractivity contribution in [3.8, 4) is 0 Å². The minimum Gasteiger partial charge on any atom is -0.316 e. The summed E-state index contributed by atoms with van der Waals surface area (Å²) in [6.45, 7) is 16.8. The molecular weight excluding hydrogens is 232 g/mol. The van der Waals surface area contributed by atoms with Crippen molar-refractivity contribution in [1.29, 1.82) is 0 Å². The van der Waals surface area contributed by atoms with Gasteiger partial charge in [0.15, 0.2) is 0 Å². The zero-order valence-electron chi connectivity index (χ0n) is 13.9. The highest BCUT2D eigenvalue weighted by Gasteiger charge is 2.23. The van der Waals surface area contributed by atoms with E-state index in [9.17, 15) is 0 Å². The van der Waals surface area contributed by atoms with Crippen LogP contribution in [0, 0.1) is 17.8 Å². The first-order valence-electron chi connectivity index (χ1n) is 8.47. The van der Waals surface area contributed by atoms with Gasteiger partial charge in [0, 0.05) is 12.6 Å². The Morgan fingerprint density at radius 2 is 1.74 bits per heavy atom. The Labute approximate surface area is 121 Å². The molecule has 0 bridgehead atoms. The van der Waals surface area contributed by atoms with E-state index < -0.39 is 0 Å². The summed E-state index contributed by atoms with van der Waals surface area (Å²) >= 11 is 0. The monoisotopic (exact) mass is 268 g/mol. The molecule has 0 amide bonds. The fraction of sp³-hybridized carbons (Fsp3) is 1.00. The Balaban J connectivity index is 2.54. The number of piperidine rings is 1. The number of nitrogens with zero attached hydrogens (tertiary/aromatic N) is 1. The molecule has 0 aromatic carbocycles. The Morgan fingerprint density at radius 3 is 2.16 bits per heavy atom. The van der Waals surface area contributed by atoms with Gasteiger partial charge in [-0.25, -0.2) is 0 Å². The molecule has 0 aromatic rings. The largest absolute Gasteiger partial charge is 0.316 e. The zero-order chi connectivity index (χ0) is 14.3. The number of rotatable bonds is 8. The summed E-state index contributed by atoms with van der Waals surface area (Å²) in [5, 5.41) is 3.56. The van der Waals surface area contributed by atoms with Gasteiger partial charge in [-0.2, -0.15) is 0 Å². The van der Waals surface area contributed by atoms with Crippen LogP contribution in [0.4, 0.5) is 0 Å². The van der Waals surface area contributed by atoms with Crippen molar-refractivity contribution in [1.82, 2.24) is 10.2 Å². The minimum absolute atomic E-state index is 0.784. The molecule has 1 rings (SSSR count). The Bertz CT molecular complexity index is 209. The van der Waals surface area contributed by atoms with Gasteiger partial charge in [0.25, 0.3) is 0 Å². The fourth-order valence-corrected chi connectivity index (χ4v) is 3.43. The molecule has 1 heterocycles. The van der Waals surface area contributed by atoms with Crippen LogP contribution in [0.2, 0.25) is 0 Å². The highest BCUT2D eigenvalue weighted by Crippen LogP contribution is 2.22. The maximum absolute atomic E-state index is 3.56. The molecule has 1 aliphatic rings. The lowest BCUT2D eigenvalue weighted by Crippen LogP contribution is -2.44. The van der Waals surface area contributed by atoms with Crippen LogP contribution in [0.25, 0.3) is 0 Å². The molecule has 1 aliphatic heterocycles. The lowest BCUT2D eigenvalue weighted by molar-refractivity contribution is 0.127. The number of hydrogen-bond acceptors (Lipinski definition) is 2. The molecule has 1 unspecified atom stereocenters. The molecule has 0 spiro atoms. The second kappa shape index (κ2) is 8.97. The molecule has 1 saturated heterocycles. The molecule has 114 valence electrons. The maximum atomic E-state index is 3.56. The van der Waals surface area contributed by atoms with Crippen molar-refractivity contribution in [3.05, 3.63) is 0 Å². The Kier molecular flexibility index (Phi) is 8.01. The fourth-order valence-electron chi connectivity index (χ4n) is 3.43. The summed E-state index contributed by atoms with van der Waals surface area (Å²) < 4.78 is 0. The van der Waals surface area contributed by atoms with Gasteiger partial charge < -0.3 is 10.2 Å². The van der Waals surface area contributed by atoms with E-state index in [0.29, 0.717) is 0 Å². The maximum Gasteiger partial charge on any atom is 0.0100 e. The van der Waals surface area contributed by atoms with Gasteiger partial charge in [-0.1, -0.05) is 34.6 Å². The number of hydrogen-bond donors (Lipinski definition) is 1. The van der Waals surface area contributed by atoms with E-state index in [4.69, 9.17) is 0 Å². The van der Waals surface area contributed by atoms with Crippen LogP contribution >= 0.6 is 0 Å². The summed E-state index contributed by atoms with van der Waals surface area (Å²) in [7, 11) is 0. The lowest BCUT2D eigenvalue weighted by atomic mass is 9.92. The summed E-state index contributed by atoms with van der Waals surface area (Å²) in [5.41, 5.74) is 0. The molecule has 0 radical (unpaired) electrons. The Hall–Kier alpha value is -0.0800. The van der Waals surface area contributed by atoms with Gasteiger partial charge >= 0.3 is 0 Å². The van der Waals surface area contributed by atoms with Gasteiger partial charge in [0.2, 0.25) is 0 Å². The third-order valence-corrected chi connectivity index (χ3v) is 4.30. The van der Waals surface area contributed by atoms with Gasteiger partial charge in [0.1, 0.15) is 0 Å². The summed E-state index contributed by atoms with van der Waals surface area (Å²) in [6.07, 6.45) is 5.49. The summed E-state index contributed by atoms with van der Waals surface area (Å²) in [6, 6.07) is 0.784. The van der Waals surface area contributed by atoms with E-state index in [1.807, 2.05) is 0 Å². The molecular formula is C17H36N2. The topological polar surface area (TPSA) is 15.3 Å².